The van der Waals surface area contributed by atoms with E-state index in [2.05, 4.69) is 5.32 Å². The molecule has 0 aromatic heterocycles. The van der Waals surface area contributed by atoms with Crippen LogP contribution < -0.4 is 15.8 Å². The van der Waals surface area contributed by atoms with Crippen molar-refractivity contribution in [1.82, 2.24) is 0 Å². The van der Waals surface area contributed by atoms with Crippen molar-refractivity contribution < 1.29 is 17.9 Å². The molecule has 0 heterocycles. The zero-order valence-corrected chi connectivity index (χ0v) is 13.2. The maximum atomic E-state index is 11.8. The summed E-state index contributed by atoms with van der Waals surface area (Å²) in [5.74, 6) is -0.668. The molecule has 7 heteroatoms. The molecule has 3 N–H and O–H groups in total. The lowest BCUT2D eigenvalue weighted by Gasteiger charge is -2.11. The van der Waals surface area contributed by atoms with Gasteiger partial charge >= 0.3 is 0 Å². The number of carbonyl (C=O) groups is 1. The van der Waals surface area contributed by atoms with Gasteiger partial charge in [-0.1, -0.05) is 19.8 Å². The average molecular weight is 314 g/mol. The number of benzene rings is 1. The van der Waals surface area contributed by atoms with Crippen LogP contribution in [0.2, 0.25) is 0 Å². The molecular weight excluding hydrogens is 292 g/mol. The highest BCUT2D eigenvalue weighted by atomic mass is 32.2. The van der Waals surface area contributed by atoms with Gasteiger partial charge in [-0.25, -0.2) is 8.42 Å². The minimum atomic E-state index is -3.38. The molecule has 0 fully saturated rings. The van der Waals surface area contributed by atoms with Crippen LogP contribution >= 0.6 is 0 Å². The van der Waals surface area contributed by atoms with Crippen LogP contribution in [0.15, 0.2) is 18.2 Å². The second-order valence-corrected chi connectivity index (χ2v) is 6.99. The van der Waals surface area contributed by atoms with E-state index in [9.17, 15) is 13.2 Å². The van der Waals surface area contributed by atoms with Crippen LogP contribution in [0.5, 0.6) is 5.75 Å². The maximum Gasteiger partial charge on any atom is 0.239 e. The first-order valence-corrected chi connectivity index (χ1v) is 8.64. The van der Waals surface area contributed by atoms with Crippen LogP contribution in [0, 0.1) is 0 Å². The van der Waals surface area contributed by atoms with Gasteiger partial charge in [0, 0.05) is 11.8 Å². The summed E-state index contributed by atoms with van der Waals surface area (Å²) in [6.07, 6.45) is 2.36. The first-order chi connectivity index (χ1) is 9.88. The first kappa shape index (κ1) is 17.3. The number of nitrogen functional groups attached to an aromatic ring is 1. The maximum absolute atomic E-state index is 11.8. The molecule has 6 nitrogen and oxygen atoms in total. The Kier molecular flexibility index (Phi) is 6.48. The Bertz CT molecular complexity index is 585. The molecule has 0 radical (unpaired) electrons. The lowest BCUT2D eigenvalue weighted by molar-refractivity contribution is -0.113. The molecule has 21 heavy (non-hydrogen) atoms. The Labute approximate surface area is 125 Å². The van der Waals surface area contributed by atoms with Crippen molar-refractivity contribution in [3.05, 3.63) is 18.2 Å². The number of rotatable bonds is 8. The minimum absolute atomic E-state index is 0.0349. The number of nitrogens with one attached hydrogen (secondary N) is 1. The highest BCUT2D eigenvalue weighted by Crippen LogP contribution is 2.26. The first-order valence-electron chi connectivity index (χ1n) is 6.81. The fourth-order valence-electron chi connectivity index (χ4n) is 1.84. The van der Waals surface area contributed by atoms with Gasteiger partial charge in [-0.3, -0.25) is 4.79 Å². The Balaban J connectivity index is 2.65. The number of carbonyl (C=O) groups excluding carboxylic acids is 1. The summed E-state index contributed by atoms with van der Waals surface area (Å²) in [4.78, 5) is 11.8. The third-order valence-corrected chi connectivity index (χ3v) is 4.52. The van der Waals surface area contributed by atoms with E-state index in [1.54, 1.807) is 18.2 Å². The van der Waals surface area contributed by atoms with E-state index < -0.39 is 21.5 Å². The van der Waals surface area contributed by atoms with Crippen LogP contribution in [0.25, 0.3) is 0 Å². The highest BCUT2D eigenvalue weighted by Gasteiger charge is 2.17. The molecule has 0 saturated carbocycles. The van der Waals surface area contributed by atoms with E-state index >= 15 is 0 Å². The molecule has 0 aliphatic rings. The van der Waals surface area contributed by atoms with E-state index in [0.717, 1.165) is 12.8 Å². The normalized spacial score (nSPS) is 11.1. The number of hydrogen-bond donors (Lipinski definition) is 2. The van der Waals surface area contributed by atoms with Gasteiger partial charge in [0.15, 0.2) is 9.84 Å². The quantitative estimate of drug-likeness (QED) is 0.563. The number of sulfone groups is 1. The Morgan fingerprint density at radius 3 is 2.67 bits per heavy atom. The van der Waals surface area contributed by atoms with Crippen molar-refractivity contribution in [2.45, 2.75) is 26.2 Å². The molecule has 0 saturated heterocycles. The zero-order chi connectivity index (χ0) is 15.9. The van der Waals surface area contributed by atoms with Gasteiger partial charge in [-0.15, -0.1) is 0 Å². The summed E-state index contributed by atoms with van der Waals surface area (Å²) in [5.41, 5.74) is 6.52. The largest absolute Gasteiger partial charge is 0.494 e. The van der Waals surface area contributed by atoms with Crippen molar-refractivity contribution in [2.75, 3.05) is 29.7 Å². The van der Waals surface area contributed by atoms with Crippen molar-refractivity contribution in [3.8, 4) is 5.75 Å². The van der Waals surface area contributed by atoms with E-state index in [0.29, 0.717) is 23.5 Å². The summed E-state index contributed by atoms with van der Waals surface area (Å²) in [7, 11) is -1.93. The Hall–Kier alpha value is -1.76. The van der Waals surface area contributed by atoms with Crippen molar-refractivity contribution in [1.29, 1.82) is 0 Å². The van der Waals surface area contributed by atoms with Gasteiger partial charge in [-0.05, 0) is 18.6 Å². The van der Waals surface area contributed by atoms with Crippen LogP contribution in [-0.4, -0.2) is 32.9 Å². The van der Waals surface area contributed by atoms with E-state index in [1.165, 1.54) is 7.11 Å². The van der Waals surface area contributed by atoms with Crippen molar-refractivity contribution in [3.63, 3.8) is 0 Å². The molecular formula is C14H22N2O4S. The van der Waals surface area contributed by atoms with Gasteiger partial charge in [-0.2, -0.15) is 0 Å². The van der Waals surface area contributed by atoms with E-state index in [-0.39, 0.29) is 5.75 Å². The fraction of sp³-hybridized carbons (Fsp3) is 0.500. The number of amides is 1. The molecule has 0 unspecified atom stereocenters. The van der Waals surface area contributed by atoms with Gasteiger partial charge in [0.25, 0.3) is 0 Å². The highest BCUT2D eigenvalue weighted by molar-refractivity contribution is 7.92. The van der Waals surface area contributed by atoms with Crippen LogP contribution in [0.1, 0.15) is 26.2 Å². The Morgan fingerprint density at radius 2 is 2.05 bits per heavy atom. The molecule has 1 rings (SSSR count). The number of ether oxygens (including phenoxy) is 1. The summed E-state index contributed by atoms with van der Waals surface area (Å²) in [6.45, 7) is 1.99. The molecule has 0 atom stereocenters. The summed E-state index contributed by atoms with van der Waals surface area (Å²) >= 11 is 0. The van der Waals surface area contributed by atoms with E-state index in [4.69, 9.17) is 10.5 Å². The fourth-order valence-corrected chi connectivity index (χ4v) is 3.10. The van der Waals surface area contributed by atoms with Crippen LogP contribution in [0.4, 0.5) is 11.4 Å². The number of anilines is 2. The average Bonchev–Trinajstić information content (AvgIpc) is 2.40. The molecule has 0 spiro atoms. The predicted molar refractivity (Wildman–Crippen MR) is 84.2 cm³/mol. The SMILES string of the molecule is CCCCCS(=O)(=O)CC(=O)Nc1ccc(N)cc1OC. The van der Waals surface area contributed by atoms with Crippen LogP contribution in [0.3, 0.4) is 0 Å². The molecule has 1 aromatic rings. The predicted octanol–water partition coefficient (Wildman–Crippen LogP) is 1.82. The summed E-state index contributed by atoms with van der Waals surface area (Å²) in [6, 6.07) is 4.75. The smallest absolute Gasteiger partial charge is 0.239 e. The number of hydrogen-bond acceptors (Lipinski definition) is 5. The van der Waals surface area contributed by atoms with Gasteiger partial charge in [0.2, 0.25) is 5.91 Å². The second kappa shape index (κ2) is 7.87. The molecule has 0 aliphatic carbocycles. The number of unbranched alkanes of at least 4 members (excludes halogenated alkanes) is 2. The topological polar surface area (TPSA) is 98.5 Å². The van der Waals surface area contributed by atoms with Gasteiger partial charge < -0.3 is 15.8 Å². The summed E-state index contributed by atoms with van der Waals surface area (Å²) in [5, 5.41) is 2.54. The van der Waals surface area contributed by atoms with E-state index in [1.807, 2.05) is 6.92 Å². The van der Waals surface area contributed by atoms with Gasteiger partial charge in [0.05, 0.1) is 18.6 Å². The number of nitrogens with two attached hydrogens (primary N) is 1. The summed E-state index contributed by atoms with van der Waals surface area (Å²) < 4.78 is 28.7. The zero-order valence-electron chi connectivity index (χ0n) is 12.4. The molecule has 118 valence electrons. The third kappa shape index (κ3) is 6.03. The minimum Gasteiger partial charge on any atom is -0.494 e. The monoisotopic (exact) mass is 314 g/mol. The lowest BCUT2D eigenvalue weighted by atomic mass is 10.2. The standard InChI is InChI=1S/C14H22N2O4S/c1-3-4-5-8-21(18,19)10-14(17)16-12-7-6-11(15)9-13(12)20-2/h6-7,9H,3-5,8,10,15H2,1-2H3,(H,16,17). The third-order valence-electron chi connectivity index (χ3n) is 2.91. The molecule has 0 aliphatic heterocycles. The van der Waals surface area contributed by atoms with Crippen molar-refractivity contribution in [2.24, 2.45) is 0 Å². The Morgan fingerprint density at radius 1 is 1.33 bits per heavy atom. The van der Waals surface area contributed by atoms with Crippen molar-refractivity contribution >= 4 is 27.1 Å². The molecule has 0 bridgehead atoms. The van der Waals surface area contributed by atoms with Crippen LogP contribution in [-0.2, 0) is 14.6 Å². The number of methoxy groups -OCH3 is 1. The van der Waals surface area contributed by atoms with Gasteiger partial charge in [0.1, 0.15) is 11.5 Å². The molecule has 1 aromatic carbocycles. The lowest BCUT2D eigenvalue weighted by Crippen LogP contribution is -2.25. The second-order valence-electron chi connectivity index (χ2n) is 4.81. The molecule has 1 amide bonds.